The van der Waals surface area contributed by atoms with Crippen LogP contribution >= 0.6 is 0 Å². The van der Waals surface area contributed by atoms with Crippen LogP contribution in [0.15, 0.2) is 24.3 Å². The van der Waals surface area contributed by atoms with Crippen LogP contribution in [0, 0.1) is 12.8 Å². The summed E-state index contributed by atoms with van der Waals surface area (Å²) in [6, 6.07) is 9.05. The first-order valence-electron chi connectivity index (χ1n) is 11.3. The van der Waals surface area contributed by atoms with Gasteiger partial charge in [-0.25, -0.2) is 0 Å². The van der Waals surface area contributed by atoms with E-state index in [0.29, 0.717) is 44.0 Å². The van der Waals surface area contributed by atoms with E-state index in [1.807, 2.05) is 4.90 Å². The van der Waals surface area contributed by atoms with Crippen LogP contribution in [0.25, 0.3) is 0 Å². The molecule has 0 bridgehead atoms. The number of ether oxygens (including phenoxy) is 1. The number of rotatable bonds is 6. The second-order valence-electron chi connectivity index (χ2n) is 9.06. The quantitative estimate of drug-likeness (QED) is 0.795. The van der Waals surface area contributed by atoms with Gasteiger partial charge in [-0.2, -0.15) is 5.10 Å². The van der Waals surface area contributed by atoms with Crippen molar-refractivity contribution < 1.29 is 9.53 Å². The summed E-state index contributed by atoms with van der Waals surface area (Å²) in [4.78, 5) is 15.2. The Bertz CT molecular complexity index is 866. The lowest BCUT2D eigenvalue weighted by Gasteiger charge is -2.28. The van der Waals surface area contributed by atoms with Crippen LogP contribution in [0.1, 0.15) is 53.1 Å². The van der Waals surface area contributed by atoms with Gasteiger partial charge in [0, 0.05) is 43.5 Å². The Morgan fingerprint density at radius 3 is 2.67 bits per heavy atom. The van der Waals surface area contributed by atoms with E-state index in [1.54, 1.807) is 0 Å². The lowest BCUT2D eigenvalue weighted by atomic mass is 9.90. The monoisotopic (exact) mass is 410 g/mol. The second kappa shape index (κ2) is 9.31. The molecule has 0 saturated carbocycles. The third-order valence-electron chi connectivity index (χ3n) is 6.10. The molecule has 162 valence electrons. The fourth-order valence-electron chi connectivity index (χ4n) is 4.42. The summed E-state index contributed by atoms with van der Waals surface area (Å²) in [5.74, 6) is 0.564. The molecule has 1 amide bonds. The molecule has 1 atom stereocenters. The number of aromatic nitrogens is 2. The maximum atomic E-state index is 13.3. The van der Waals surface area contributed by atoms with Gasteiger partial charge in [0.05, 0.1) is 13.2 Å². The predicted octanol–water partition coefficient (Wildman–Crippen LogP) is 2.97. The lowest BCUT2D eigenvalue weighted by molar-refractivity contribution is 0.0297. The Morgan fingerprint density at radius 1 is 1.23 bits per heavy atom. The Labute approximate surface area is 179 Å². The zero-order valence-electron chi connectivity index (χ0n) is 18.5. The van der Waals surface area contributed by atoms with Crippen molar-refractivity contribution in [1.82, 2.24) is 20.0 Å². The molecule has 1 unspecified atom stereocenters. The molecule has 1 aromatic heterocycles. The fraction of sp³-hybridized carbons (Fsp3) is 0.583. The number of amides is 1. The van der Waals surface area contributed by atoms with E-state index in [2.05, 4.69) is 55.0 Å². The minimum absolute atomic E-state index is 0.0660. The molecule has 2 aromatic rings. The van der Waals surface area contributed by atoms with E-state index < -0.39 is 0 Å². The average molecular weight is 411 g/mol. The van der Waals surface area contributed by atoms with Crippen molar-refractivity contribution in [2.24, 2.45) is 5.92 Å². The van der Waals surface area contributed by atoms with E-state index in [-0.39, 0.29) is 5.91 Å². The summed E-state index contributed by atoms with van der Waals surface area (Å²) in [6.45, 7) is 10.8. The smallest absolute Gasteiger partial charge is 0.274 e. The highest BCUT2D eigenvalue weighted by Gasteiger charge is 2.31. The molecule has 1 N–H and O–H groups in total. The average Bonchev–Trinajstić information content (AvgIpc) is 3.10. The summed E-state index contributed by atoms with van der Waals surface area (Å²) in [5, 5.41) is 8.54. The topological polar surface area (TPSA) is 59.4 Å². The van der Waals surface area contributed by atoms with Crippen LogP contribution < -0.4 is 5.32 Å². The zero-order chi connectivity index (χ0) is 21.1. The number of carbonyl (C=O) groups is 1. The van der Waals surface area contributed by atoms with E-state index in [1.165, 1.54) is 16.8 Å². The van der Waals surface area contributed by atoms with Crippen molar-refractivity contribution in [2.45, 2.75) is 59.2 Å². The van der Waals surface area contributed by atoms with Crippen molar-refractivity contribution in [2.75, 3.05) is 26.3 Å². The van der Waals surface area contributed by atoms with Gasteiger partial charge in [0.15, 0.2) is 5.69 Å². The van der Waals surface area contributed by atoms with E-state index >= 15 is 0 Å². The molecular weight excluding hydrogens is 376 g/mol. The Morgan fingerprint density at radius 2 is 1.97 bits per heavy atom. The number of hydrogen-bond acceptors (Lipinski definition) is 4. The number of morpholine rings is 1. The third-order valence-corrected chi connectivity index (χ3v) is 6.10. The molecule has 6 nitrogen and oxygen atoms in total. The Balaban J connectivity index is 1.52. The maximum absolute atomic E-state index is 13.3. The Hall–Kier alpha value is -2.18. The molecule has 0 radical (unpaired) electrons. The first-order valence-corrected chi connectivity index (χ1v) is 11.3. The molecule has 30 heavy (non-hydrogen) atoms. The van der Waals surface area contributed by atoms with Crippen LogP contribution in [0.3, 0.4) is 0 Å². The van der Waals surface area contributed by atoms with Gasteiger partial charge in [-0.05, 0) is 37.7 Å². The van der Waals surface area contributed by atoms with E-state index in [4.69, 9.17) is 9.84 Å². The standard InChI is InChI=1S/C24H34N4O2/c1-17(2)16-28-22-9-8-20(25-15-19-6-4-18(3)5-7-19)14-21(22)23(26-28)24(29)27-10-12-30-13-11-27/h4-7,17,20,25H,8-16H2,1-3H3. The maximum Gasteiger partial charge on any atom is 0.274 e. The number of fused-ring (bicyclic) bond motifs is 1. The van der Waals surface area contributed by atoms with Crippen LogP contribution in [0.2, 0.25) is 0 Å². The Kier molecular flexibility index (Phi) is 6.54. The van der Waals surface area contributed by atoms with Gasteiger partial charge in [-0.3, -0.25) is 9.48 Å². The molecule has 6 heteroatoms. The van der Waals surface area contributed by atoms with E-state index in [9.17, 15) is 4.79 Å². The number of carbonyl (C=O) groups excluding carboxylic acids is 1. The molecule has 1 aliphatic carbocycles. The highest BCUT2D eigenvalue weighted by Crippen LogP contribution is 2.27. The molecule has 1 aromatic carbocycles. The van der Waals surface area contributed by atoms with Crippen molar-refractivity contribution in [1.29, 1.82) is 0 Å². The van der Waals surface area contributed by atoms with Gasteiger partial charge in [0.25, 0.3) is 5.91 Å². The molecule has 1 aliphatic heterocycles. The van der Waals surface area contributed by atoms with Crippen LogP contribution in [0.5, 0.6) is 0 Å². The molecule has 2 aliphatic rings. The molecule has 1 saturated heterocycles. The minimum atomic E-state index is 0.0660. The number of aryl methyl sites for hydroxylation is 1. The normalized spacial score (nSPS) is 19.2. The van der Waals surface area contributed by atoms with E-state index in [0.717, 1.165) is 37.9 Å². The highest BCUT2D eigenvalue weighted by atomic mass is 16.5. The van der Waals surface area contributed by atoms with Gasteiger partial charge >= 0.3 is 0 Å². The van der Waals surface area contributed by atoms with Crippen molar-refractivity contribution >= 4 is 5.91 Å². The van der Waals surface area contributed by atoms with Gasteiger partial charge in [0.1, 0.15) is 0 Å². The van der Waals surface area contributed by atoms with Crippen molar-refractivity contribution in [3.8, 4) is 0 Å². The van der Waals surface area contributed by atoms with Gasteiger partial charge < -0.3 is 15.0 Å². The fourth-order valence-corrected chi connectivity index (χ4v) is 4.42. The van der Waals surface area contributed by atoms with Gasteiger partial charge in [0.2, 0.25) is 0 Å². The van der Waals surface area contributed by atoms with Crippen LogP contribution in [-0.4, -0.2) is 52.9 Å². The summed E-state index contributed by atoms with van der Waals surface area (Å²) in [7, 11) is 0. The SMILES string of the molecule is Cc1ccc(CNC2CCc3c(c(C(=O)N4CCOCC4)nn3CC(C)C)C2)cc1. The number of hydrogen-bond donors (Lipinski definition) is 1. The molecule has 2 heterocycles. The first-order chi connectivity index (χ1) is 14.5. The first kappa shape index (κ1) is 21.1. The predicted molar refractivity (Wildman–Crippen MR) is 118 cm³/mol. The highest BCUT2D eigenvalue weighted by molar-refractivity contribution is 5.94. The van der Waals surface area contributed by atoms with Crippen molar-refractivity contribution in [3.63, 3.8) is 0 Å². The second-order valence-corrected chi connectivity index (χ2v) is 9.06. The summed E-state index contributed by atoms with van der Waals surface area (Å²) < 4.78 is 7.53. The molecule has 1 fully saturated rings. The number of nitrogens with one attached hydrogen (secondary N) is 1. The largest absolute Gasteiger partial charge is 0.378 e. The zero-order valence-corrected chi connectivity index (χ0v) is 18.5. The number of nitrogens with zero attached hydrogens (tertiary/aromatic N) is 3. The molecule has 0 spiro atoms. The molecular formula is C24H34N4O2. The minimum Gasteiger partial charge on any atom is -0.378 e. The summed E-state index contributed by atoms with van der Waals surface area (Å²) in [5.41, 5.74) is 5.65. The number of benzene rings is 1. The summed E-state index contributed by atoms with van der Waals surface area (Å²) in [6.07, 6.45) is 2.91. The van der Waals surface area contributed by atoms with Crippen molar-refractivity contribution in [3.05, 3.63) is 52.3 Å². The molecule has 4 rings (SSSR count). The van der Waals surface area contributed by atoms with Gasteiger partial charge in [-0.15, -0.1) is 0 Å². The summed E-state index contributed by atoms with van der Waals surface area (Å²) >= 11 is 0. The lowest BCUT2D eigenvalue weighted by Crippen LogP contribution is -2.41. The van der Waals surface area contributed by atoms with Crippen LogP contribution in [0.4, 0.5) is 0 Å². The van der Waals surface area contributed by atoms with Gasteiger partial charge in [-0.1, -0.05) is 43.7 Å². The third kappa shape index (κ3) is 4.76. The van der Waals surface area contributed by atoms with Crippen LogP contribution in [-0.2, 0) is 30.7 Å².